The van der Waals surface area contributed by atoms with Crippen molar-refractivity contribution >= 4 is 17.5 Å². The average molecular weight is 269 g/mol. The van der Waals surface area contributed by atoms with E-state index in [9.17, 15) is 4.79 Å². The molecule has 1 amide bonds. The third-order valence-electron chi connectivity index (χ3n) is 2.73. The van der Waals surface area contributed by atoms with Gasteiger partial charge in [0.05, 0.1) is 6.04 Å². The van der Waals surface area contributed by atoms with Crippen LogP contribution in [0.2, 0.25) is 5.02 Å². The highest BCUT2D eigenvalue weighted by atomic mass is 35.5. The van der Waals surface area contributed by atoms with Crippen molar-refractivity contribution in [1.29, 1.82) is 0 Å². The summed E-state index contributed by atoms with van der Waals surface area (Å²) in [6.07, 6.45) is 0.707. The average Bonchev–Trinajstić information content (AvgIpc) is 2.27. The molecule has 2 N–H and O–H groups in total. The molecule has 0 heterocycles. The molecule has 0 radical (unpaired) electrons. The van der Waals surface area contributed by atoms with E-state index in [-0.39, 0.29) is 5.91 Å². The molecule has 1 atom stereocenters. The van der Waals surface area contributed by atoms with E-state index >= 15 is 0 Å². The van der Waals surface area contributed by atoms with Gasteiger partial charge >= 0.3 is 0 Å². The lowest BCUT2D eigenvalue weighted by Gasteiger charge is -2.22. The van der Waals surface area contributed by atoms with E-state index in [2.05, 4.69) is 13.8 Å². The van der Waals surface area contributed by atoms with Gasteiger partial charge in [0, 0.05) is 18.6 Å². The predicted octanol–water partition coefficient (Wildman–Crippen LogP) is 2.67. The topological polar surface area (TPSA) is 46.3 Å². The Labute approximate surface area is 114 Å². The first kappa shape index (κ1) is 15.0. The van der Waals surface area contributed by atoms with Gasteiger partial charge in [-0.2, -0.15) is 0 Å². The van der Waals surface area contributed by atoms with Crippen LogP contribution >= 0.6 is 11.6 Å². The number of carbonyl (C=O) groups excluding carboxylic acids is 1. The third-order valence-corrected chi connectivity index (χ3v) is 2.96. The molecule has 0 bridgehead atoms. The van der Waals surface area contributed by atoms with E-state index in [1.807, 2.05) is 24.3 Å². The molecule has 1 rings (SSSR count). The van der Waals surface area contributed by atoms with Gasteiger partial charge in [-0.1, -0.05) is 37.6 Å². The lowest BCUT2D eigenvalue weighted by Crippen LogP contribution is -2.42. The molecule has 100 valence electrons. The Morgan fingerprint density at radius 1 is 1.44 bits per heavy atom. The van der Waals surface area contributed by atoms with Gasteiger partial charge in [0.1, 0.15) is 0 Å². The molecule has 4 heteroatoms. The summed E-state index contributed by atoms with van der Waals surface area (Å²) >= 11 is 5.91. The minimum atomic E-state index is -0.422. The number of carbonyl (C=O) groups is 1. The molecule has 1 unspecified atom stereocenters. The number of hydrogen-bond donors (Lipinski definition) is 1. The van der Waals surface area contributed by atoms with E-state index in [1.165, 1.54) is 0 Å². The minimum Gasteiger partial charge on any atom is -0.340 e. The van der Waals surface area contributed by atoms with Crippen LogP contribution in [0.3, 0.4) is 0 Å². The molecular formula is C14H21ClN2O. The van der Waals surface area contributed by atoms with Crippen LogP contribution in [-0.2, 0) is 11.3 Å². The number of hydrogen-bond acceptors (Lipinski definition) is 2. The zero-order valence-electron chi connectivity index (χ0n) is 11.2. The summed E-state index contributed by atoms with van der Waals surface area (Å²) in [5.74, 6) is 0.396. The van der Waals surface area contributed by atoms with Gasteiger partial charge in [-0.05, 0) is 30.0 Å². The van der Waals surface area contributed by atoms with Crippen LogP contribution in [0, 0.1) is 5.92 Å². The SMILES string of the molecule is CC(C)CC(N)C(=O)N(C)Cc1cccc(Cl)c1. The monoisotopic (exact) mass is 268 g/mol. The van der Waals surface area contributed by atoms with Crippen molar-refractivity contribution < 1.29 is 4.79 Å². The highest BCUT2D eigenvalue weighted by Gasteiger charge is 2.19. The Hall–Kier alpha value is -1.06. The molecule has 1 aromatic carbocycles. The maximum Gasteiger partial charge on any atom is 0.239 e. The van der Waals surface area contributed by atoms with Crippen LogP contribution in [0.25, 0.3) is 0 Å². The number of nitrogens with zero attached hydrogens (tertiary/aromatic N) is 1. The Bertz CT molecular complexity index is 407. The summed E-state index contributed by atoms with van der Waals surface area (Å²) < 4.78 is 0. The van der Waals surface area contributed by atoms with E-state index in [4.69, 9.17) is 17.3 Å². The van der Waals surface area contributed by atoms with Crippen molar-refractivity contribution in [3.05, 3.63) is 34.9 Å². The highest BCUT2D eigenvalue weighted by Crippen LogP contribution is 2.13. The van der Waals surface area contributed by atoms with Gasteiger partial charge in [0.25, 0.3) is 0 Å². The first-order chi connectivity index (χ1) is 8.40. The molecular weight excluding hydrogens is 248 g/mol. The zero-order valence-corrected chi connectivity index (χ0v) is 11.9. The molecule has 0 saturated carbocycles. The van der Waals surface area contributed by atoms with Gasteiger partial charge in [-0.15, -0.1) is 0 Å². The second-order valence-corrected chi connectivity index (χ2v) is 5.50. The number of halogens is 1. The van der Waals surface area contributed by atoms with Crippen molar-refractivity contribution in [3.8, 4) is 0 Å². The highest BCUT2D eigenvalue weighted by molar-refractivity contribution is 6.30. The first-order valence-corrected chi connectivity index (χ1v) is 6.53. The van der Waals surface area contributed by atoms with Crippen molar-refractivity contribution in [2.24, 2.45) is 11.7 Å². The minimum absolute atomic E-state index is 0.0244. The maximum atomic E-state index is 12.0. The third kappa shape index (κ3) is 4.67. The molecule has 0 fully saturated rings. The van der Waals surface area contributed by atoms with E-state index in [0.29, 0.717) is 23.9 Å². The van der Waals surface area contributed by atoms with Crippen molar-refractivity contribution in [3.63, 3.8) is 0 Å². The zero-order chi connectivity index (χ0) is 13.7. The van der Waals surface area contributed by atoms with Crippen molar-refractivity contribution in [1.82, 2.24) is 4.90 Å². The van der Waals surface area contributed by atoms with E-state index in [1.54, 1.807) is 11.9 Å². The summed E-state index contributed by atoms with van der Waals surface area (Å²) in [5.41, 5.74) is 6.89. The maximum absolute atomic E-state index is 12.0. The second kappa shape index (κ2) is 6.76. The molecule has 0 aliphatic rings. The fourth-order valence-corrected chi connectivity index (χ4v) is 2.09. The lowest BCUT2D eigenvalue weighted by molar-refractivity contribution is -0.132. The normalized spacial score (nSPS) is 12.6. The molecule has 0 saturated heterocycles. The summed E-state index contributed by atoms with van der Waals surface area (Å²) in [4.78, 5) is 13.7. The summed E-state index contributed by atoms with van der Waals surface area (Å²) in [6.45, 7) is 4.65. The molecule has 0 aromatic heterocycles. The summed E-state index contributed by atoms with van der Waals surface area (Å²) in [7, 11) is 1.77. The Morgan fingerprint density at radius 2 is 2.11 bits per heavy atom. The Morgan fingerprint density at radius 3 is 2.67 bits per heavy atom. The van der Waals surface area contributed by atoms with E-state index < -0.39 is 6.04 Å². The first-order valence-electron chi connectivity index (χ1n) is 6.15. The van der Waals surface area contributed by atoms with Gasteiger partial charge in [0.15, 0.2) is 0 Å². The predicted molar refractivity (Wildman–Crippen MR) is 75.4 cm³/mol. The van der Waals surface area contributed by atoms with Crippen LogP contribution in [0.4, 0.5) is 0 Å². The van der Waals surface area contributed by atoms with Crippen LogP contribution in [-0.4, -0.2) is 23.9 Å². The van der Waals surface area contributed by atoms with Crippen LogP contribution < -0.4 is 5.73 Å². The van der Waals surface area contributed by atoms with Crippen molar-refractivity contribution in [2.75, 3.05) is 7.05 Å². The van der Waals surface area contributed by atoms with Gasteiger partial charge < -0.3 is 10.6 Å². The second-order valence-electron chi connectivity index (χ2n) is 5.06. The van der Waals surface area contributed by atoms with Gasteiger partial charge in [-0.25, -0.2) is 0 Å². The fourth-order valence-electron chi connectivity index (χ4n) is 1.88. The molecule has 3 nitrogen and oxygen atoms in total. The number of amides is 1. The smallest absolute Gasteiger partial charge is 0.239 e. The van der Waals surface area contributed by atoms with Crippen LogP contribution in [0.1, 0.15) is 25.8 Å². The van der Waals surface area contributed by atoms with Crippen molar-refractivity contribution in [2.45, 2.75) is 32.9 Å². The Kier molecular flexibility index (Phi) is 5.63. The largest absolute Gasteiger partial charge is 0.340 e. The Balaban J connectivity index is 2.59. The number of benzene rings is 1. The molecule has 0 aliphatic carbocycles. The van der Waals surface area contributed by atoms with Gasteiger partial charge in [0.2, 0.25) is 5.91 Å². The van der Waals surface area contributed by atoms with E-state index in [0.717, 1.165) is 5.56 Å². The number of nitrogens with two attached hydrogens (primary N) is 1. The molecule has 0 spiro atoms. The summed E-state index contributed by atoms with van der Waals surface area (Å²) in [6, 6.07) is 7.08. The molecule has 18 heavy (non-hydrogen) atoms. The van der Waals surface area contributed by atoms with Crippen LogP contribution in [0.5, 0.6) is 0 Å². The standard InChI is InChI=1S/C14H21ClN2O/c1-10(2)7-13(16)14(18)17(3)9-11-5-4-6-12(15)8-11/h4-6,8,10,13H,7,9,16H2,1-3H3. The number of rotatable bonds is 5. The fraction of sp³-hybridized carbons (Fsp3) is 0.500. The molecule has 1 aromatic rings. The molecule has 0 aliphatic heterocycles. The lowest BCUT2D eigenvalue weighted by atomic mass is 10.0. The quantitative estimate of drug-likeness (QED) is 0.892. The summed E-state index contributed by atoms with van der Waals surface area (Å²) in [5, 5.41) is 0.680. The van der Waals surface area contributed by atoms with Gasteiger partial charge in [-0.3, -0.25) is 4.79 Å². The number of likely N-dealkylation sites (N-methyl/N-ethyl adjacent to an activating group) is 1. The van der Waals surface area contributed by atoms with Crippen LogP contribution in [0.15, 0.2) is 24.3 Å².